The lowest BCUT2D eigenvalue weighted by Crippen LogP contribution is -1.93. The third-order valence-corrected chi connectivity index (χ3v) is 4.24. The minimum Gasteiger partial charge on any atom is -0.377 e. The first-order valence-corrected chi connectivity index (χ1v) is 4.90. The van der Waals surface area contributed by atoms with Gasteiger partial charge in [-0.2, -0.15) is 0 Å². The van der Waals surface area contributed by atoms with Crippen LogP contribution < -0.4 is 0 Å². The van der Waals surface area contributed by atoms with Gasteiger partial charge in [-0.05, 0) is 11.8 Å². The van der Waals surface area contributed by atoms with Crippen molar-refractivity contribution < 1.29 is 4.74 Å². The largest absolute Gasteiger partial charge is 0.377 e. The van der Waals surface area contributed by atoms with Crippen molar-refractivity contribution in [1.82, 2.24) is 0 Å². The lowest BCUT2D eigenvalue weighted by molar-refractivity contribution is 0.216. The Morgan fingerprint density at radius 1 is 1.50 bits per heavy atom. The Bertz CT molecular complexity index is 66.9. The van der Waals surface area contributed by atoms with Gasteiger partial charge in [0.15, 0.2) is 0 Å². The molecule has 0 bridgehead atoms. The summed E-state index contributed by atoms with van der Waals surface area (Å²) in [6.07, 6.45) is 2.40. The molecule has 8 heavy (non-hydrogen) atoms. The molecule has 1 fully saturated rings. The summed E-state index contributed by atoms with van der Waals surface area (Å²) < 4.78 is 5.25. The summed E-state index contributed by atoms with van der Waals surface area (Å²) in [5, 5.41) is 0. The first-order valence-electron chi connectivity index (χ1n) is 3.12. The highest BCUT2D eigenvalue weighted by Gasteiger charge is 2.17. The molecule has 1 aliphatic rings. The van der Waals surface area contributed by atoms with Crippen LogP contribution in [0.5, 0.6) is 0 Å². The molecule has 48 valence electrons. The Hall–Kier alpha value is 0.390. The van der Waals surface area contributed by atoms with E-state index in [4.69, 9.17) is 4.74 Å². The van der Waals surface area contributed by atoms with Crippen LogP contribution in [0.2, 0.25) is 0 Å². The van der Waals surface area contributed by atoms with E-state index in [-0.39, 0.29) is 7.92 Å². The van der Waals surface area contributed by atoms with E-state index < -0.39 is 0 Å². The Morgan fingerprint density at radius 3 is 2.50 bits per heavy atom. The van der Waals surface area contributed by atoms with Crippen LogP contribution >= 0.6 is 7.92 Å². The fourth-order valence-corrected chi connectivity index (χ4v) is 2.51. The molecule has 1 rings (SSSR count). The molecular formula is C6H13OP. The van der Waals surface area contributed by atoms with Crippen LogP contribution in [-0.4, -0.2) is 24.8 Å². The second-order valence-corrected chi connectivity index (χ2v) is 5.36. The van der Waals surface area contributed by atoms with Gasteiger partial charge in [-0.15, -0.1) is 0 Å². The van der Waals surface area contributed by atoms with Crippen LogP contribution in [0, 0.1) is 0 Å². The molecule has 0 aromatic heterocycles. The summed E-state index contributed by atoms with van der Waals surface area (Å²) in [4.78, 5) is 0. The van der Waals surface area contributed by atoms with Gasteiger partial charge in [-0.25, -0.2) is 0 Å². The van der Waals surface area contributed by atoms with E-state index in [1.165, 1.54) is 6.16 Å². The highest BCUT2D eigenvalue weighted by atomic mass is 31.1. The molecule has 0 N–H and O–H groups in total. The van der Waals surface area contributed by atoms with Crippen LogP contribution in [-0.2, 0) is 4.74 Å². The van der Waals surface area contributed by atoms with E-state index >= 15 is 0 Å². The van der Waals surface area contributed by atoms with Gasteiger partial charge < -0.3 is 4.74 Å². The van der Waals surface area contributed by atoms with Crippen molar-refractivity contribution >= 4 is 7.92 Å². The summed E-state index contributed by atoms with van der Waals surface area (Å²) >= 11 is 0. The highest BCUT2D eigenvalue weighted by molar-refractivity contribution is 7.58. The molecule has 0 aromatic carbocycles. The minimum absolute atomic E-state index is 0.274. The van der Waals surface area contributed by atoms with Crippen LogP contribution in [0.3, 0.4) is 0 Å². The predicted octanol–water partition coefficient (Wildman–Crippen LogP) is 1.86. The Kier molecular flexibility index (Phi) is 2.27. The van der Waals surface area contributed by atoms with E-state index in [0.29, 0.717) is 0 Å². The average molecular weight is 132 g/mol. The quantitative estimate of drug-likeness (QED) is 0.495. The third-order valence-electron chi connectivity index (χ3n) is 1.51. The van der Waals surface area contributed by atoms with Crippen LogP contribution in [0.4, 0.5) is 0 Å². The standard InChI is InChI=1S/C6H13OP/c1-6(2)8-4-3-7-5-8/h6H,3-5H2,1-2H3. The van der Waals surface area contributed by atoms with E-state index in [1.54, 1.807) is 0 Å². The maximum absolute atomic E-state index is 5.25. The molecule has 1 unspecified atom stereocenters. The molecule has 1 saturated heterocycles. The van der Waals surface area contributed by atoms with E-state index in [0.717, 1.165) is 18.6 Å². The van der Waals surface area contributed by atoms with E-state index in [1.807, 2.05) is 0 Å². The van der Waals surface area contributed by atoms with Crippen molar-refractivity contribution in [3.63, 3.8) is 0 Å². The van der Waals surface area contributed by atoms with E-state index in [9.17, 15) is 0 Å². The van der Waals surface area contributed by atoms with Gasteiger partial charge in [-0.3, -0.25) is 0 Å². The molecule has 1 atom stereocenters. The SMILES string of the molecule is CC(C)P1CCOC1. The third kappa shape index (κ3) is 1.43. The van der Waals surface area contributed by atoms with Gasteiger partial charge in [0.25, 0.3) is 0 Å². The zero-order valence-corrected chi connectivity index (χ0v) is 6.45. The molecular weight excluding hydrogens is 119 g/mol. The summed E-state index contributed by atoms with van der Waals surface area (Å²) in [7, 11) is 0.274. The Balaban J connectivity index is 2.24. The molecule has 1 aliphatic heterocycles. The molecule has 0 aromatic rings. The molecule has 2 heteroatoms. The maximum Gasteiger partial charge on any atom is 0.0662 e. The topological polar surface area (TPSA) is 9.23 Å². The van der Waals surface area contributed by atoms with Crippen LogP contribution in [0.1, 0.15) is 13.8 Å². The number of ether oxygens (including phenoxy) is 1. The molecule has 1 heterocycles. The summed E-state index contributed by atoms with van der Waals surface area (Å²) in [6.45, 7) is 5.60. The molecule has 0 radical (unpaired) electrons. The van der Waals surface area contributed by atoms with Crippen molar-refractivity contribution in [3.05, 3.63) is 0 Å². The normalized spacial score (nSPS) is 29.6. The second kappa shape index (κ2) is 2.80. The fourth-order valence-electron chi connectivity index (χ4n) is 0.835. The van der Waals surface area contributed by atoms with Gasteiger partial charge >= 0.3 is 0 Å². The predicted molar refractivity (Wildman–Crippen MR) is 37.7 cm³/mol. The van der Waals surface area contributed by atoms with Crippen molar-refractivity contribution in [1.29, 1.82) is 0 Å². The summed E-state index contributed by atoms with van der Waals surface area (Å²) in [5.74, 6) is 0. The molecule has 0 amide bonds. The van der Waals surface area contributed by atoms with Crippen LogP contribution in [0.15, 0.2) is 0 Å². The van der Waals surface area contributed by atoms with Gasteiger partial charge in [0, 0.05) is 0 Å². The van der Waals surface area contributed by atoms with Gasteiger partial charge in [-0.1, -0.05) is 21.8 Å². The number of rotatable bonds is 1. The fraction of sp³-hybridized carbons (Fsp3) is 1.00. The highest BCUT2D eigenvalue weighted by Crippen LogP contribution is 2.43. The molecule has 0 saturated carbocycles. The Morgan fingerprint density at radius 2 is 2.25 bits per heavy atom. The van der Waals surface area contributed by atoms with Crippen molar-refractivity contribution in [2.24, 2.45) is 0 Å². The summed E-state index contributed by atoms with van der Waals surface area (Å²) in [5.41, 5.74) is 0.882. The number of hydrogen-bond acceptors (Lipinski definition) is 1. The number of hydrogen-bond donors (Lipinski definition) is 0. The lowest BCUT2D eigenvalue weighted by Gasteiger charge is -2.10. The smallest absolute Gasteiger partial charge is 0.0662 e. The van der Waals surface area contributed by atoms with Crippen LogP contribution in [0.25, 0.3) is 0 Å². The molecule has 0 aliphatic carbocycles. The first kappa shape index (κ1) is 6.51. The minimum atomic E-state index is 0.274. The maximum atomic E-state index is 5.25. The Labute approximate surface area is 52.2 Å². The zero-order valence-electron chi connectivity index (χ0n) is 5.55. The van der Waals surface area contributed by atoms with E-state index in [2.05, 4.69) is 13.8 Å². The summed E-state index contributed by atoms with van der Waals surface area (Å²) in [6, 6.07) is 0. The lowest BCUT2D eigenvalue weighted by atomic mass is 10.6. The van der Waals surface area contributed by atoms with Gasteiger partial charge in [0.2, 0.25) is 0 Å². The zero-order chi connectivity index (χ0) is 5.98. The monoisotopic (exact) mass is 132 g/mol. The van der Waals surface area contributed by atoms with Gasteiger partial charge in [0.1, 0.15) is 0 Å². The van der Waals surface area contributed by atoms with Crippen molar-refractivity contribution in [3.8, 4) is 0 Å². The molecule has 0 spiro atoms. The molecule has 1 nitrogen and oxygen atoms in total. The second-order valence-electron chi connectivity index (χ2n) is 2.44. The van der Waals surface area contributed by atoms with Gasteiger partial charge in [0.05, 0.1) is 13.0 Å². The average Bonchev–Trinajstić information content (AvgIpc) is 2.12. The first-order chi connectivity index (χ1) is 3.80. The van der Waals surface area contributed by atoms with Crippen molar-refractivity contribution in [2.45, 2.75) is 19.5 Å². The van der Waals surface area contributed by atoms with Crippen molar-refractivity contribution in [2.75, 3.05) is 19.1 Å².